The fourth-order valence-electron chi connectivity index (χ4n) is 3.87. The van der Waals surface area contributed by atoms with Crippen molar-refractivity contribution >= 4 is 5.91 Å². The molecule has 2 aliphatic heterocycles. The zero-order valence-corrected chi connectivity index (χ0v) is 15.5. The molecule has 4 rings (SSSR count). The van der Waals surface area contributed by atoms with Gasteiger partial charge < -0.3 is 10.0 Å². The van der Waals surface area contributed by atoms with Gasteiger partial charge >= 0.3 is 11.9 Å². The number of nitrogens with zero attached hydrogens (tertiary/aromatic N) is 5. The van der Waals surface area contributed by atoms with Gasteiger partial charge in [0.1, 0.15) is 17.8 Å². The molecule has 0 aliphatic carbocycles. The van der Waals surface area contributed by atoms with E-state index in [0.717, 1.165) is 29.8 Å². The number of pyridine rings is 1. The summed E-state index contributed by atoms with van der Waals surface area (Å²) in [5.74, 6) is -0.0489. The molecule has 2 aliphatic rings. The van der Waals surface area contributed by atoms with Crippen LogP contribution in [0, 0.1) is 0 Å². The molecule has 1 saturated heterocycles. The van der Waals surface area contributed by atoms with Crippen molar-refractivity contribution in [1.29, 1.82) is 0 Å². The smallest absolute Gasteiger partial charge is 0.385 e. The number of hydrogen-bond acceptors (Lipinski definition) is 5. The molecule has 0 aromatic carbocycles. The minimum absolute atomic E-state index is 0.110. The Hall–Kier alpha value is -2.69. The number of aliphatic hydroxyl groups excluding tert-OH is 1. The van der Waals surface area contributed by atoms with Crippen LogP contribution in [0.4, 0.5) is 13.2 Å². The topological polar surface area (TPSA) is 93.2 Å². The molecule has 1 amide bonds. The third-order valence-corrected chi connectivity index (χ3v) is 5.37. The number of alkyl halides is 3. The predicted octanol–water partition coefficient (Wildman–Crippen LogP) is 1.50. The Labute approximate surface area is 163 Å². The van der Waals surface area contributed by atoms with Gasteiger partial charge in [-0.25, -0.2) is 9.48 Å². The first-order chi connectivity index (χ1) is 13.8. The molecule has 1 fully saturated rings. The third kappa shape index (κ3) is 3.66. The summed E-state index contributed by atoms with van der Waals surface area (Å²) >= 11 is 0. The summed E-state index contributed by atoms with van der Waals surface area (Å²) in [4.78, 5) is 30.9. The Balaban J connectivity index is 1.63. The first-order valence-corrected chi connectivity index (χ1v) is 9.44. The second-order valence-corrected chi connectivity index (χ2v) is 7.36. The van der Waals surface area contributed by atoms with E-state index in [1.165, 1.54) is 10.6 Å². The molecule has 8 nitrogen and oxygen atoms in total. The number of aliphatic hydroxyl groups is 1. The van der Waals surface area contributed by atoms with Crippen LogP contribution < -0.4 is 5.69 Å². The van der Waals surface area contributed by atoms with E-state index >= 15 is 0 Å². The second-order valence-electron chi connectivity index (χ2n) is 7.36. The standard InChI is InChI=1S/C18H20F3N5O3/c19-18(20,21)14-6-3-11(9-22-14)10-25-17(29)26-12(4-5-13(27)15(26)23-25)16(28)24-7-1-2-8-24/h3,6,9,12-13,27H,1-2,4-5,7-8,10H2/t12-,13?/m0/s1. The van der Waals surface area contributed by atoms with Gasteiger partial charge in [0.25, 0.3) is 0 Å². The van der Waals surface area contributed by atoms with Gasteiger partial charge in [-0.1, -0.05) is 6.07 Å². The number of rotatable bonds is 3. The first kappa shape index (κ1) is 19.6. The van der Waals surface area contributed by atoms with Crippen LogP contribution in [0.3, 0.4) is 0 Å². The van der Waals surface area contributed by atoms with Gasteiger partial charge in [0.05, 0.1) is 6.54 Å². The summed E-state index contributed by atoms with van der Waals surface area (Å²) in [5, 5.41) is 14.4. The van der Waals surface area contributed by atoms with E-state index in [1.54, 1.807) is 4.90 Å². The third-order valence-electron chi connectivity index (χ3n) is 5.37. The fraction of sp³-hybridized carbons (Fsp3) is 0.556. The van der Waals surface area contributed by atoms with Gasteiger partial charge in [-0.05, 0) is 37.3 Å². The maximum absolute atomic E-state index is 12.9. The van der Waals surface area contributed by atoms with E-state index in [9.17, 15) is 27.9 Å². The van der Waals surface area contributed by atoms with Crippen molar-refractivity contribution in [3.8, 4) is 0 Å². The molecule has 2 aromatic heterocycles. The molecule has 4 heterocycles. The molecule has 11 heteroatoms. The lowest BCUT2D eigenvalue weighted by Gasteiger charge is -2.29. The van der Waals surface area contributed by atoms with E-state index in [0.29, 0.717) is 31.5 Å². The maximum Gasteiger partial charge on any atom is 0.433 e. The predicted molar refractivity (Wildman–Crippen MR) is 93.9 cm³/mol. The first-order valence-electron chi connectivity index (χ1n) is 9.44. The minimum atomic E-state index is -4.55. The van der Waals surface area contributed by atoms with Crippen molar-refractivity contribution in [2.24, 2.45) is 0 Å². The molecule has 0 saturated carbocycles. The van der Waals surface area contributed by atoms with Gasteiger partial charge in [-0.3, -0.25) is 14.3 Å². The van der Waals surface area contributed by atoms with Crippen LogP contribution in [0.5, 0.6) is 0 Å². The SMILES string of the molecule is O=C([C@@H]1CCC(O)c2nn(Cc3ccc(C(F)(F)F)nc3)c(=O)n21)N1CCCC1. The van der Waals surface area contributed by atoms with E-state index < -0.39 is 29.7 Å². The molecule has 0 bridgehead atoms. The molecule has 2 atom stereocenters. The van der Waals surface area contributed by atoms with Gasteiger partial charge in [-0.2, -0.15) is 18.3 Å². The molecular formula is C18H20F3N5O3. The van der Waals surface area contributed by atoms with Crippen molar-refractivity contribution in [3.05, 3.63) is 45.9 Å². The summed E-state index contributed by atoms with van der Waals surface area (Å²) < 4.78 is 40.3. The van der Waals surface area contributed by atoms with Crippen molar-refractivity contribution in [2.45, 2.75) is 50.6 Å². The maximum atomic E-state index is 12.9. The van der Waals surface area contributed by atoms with E-state index in [1.807, 2.05) is 0 Å². The Morgan fingerprint density at radius 1 is 1.21 bits per heavy atom. The second kappa shape index (κ2) is 7.29. The van der Waals surface area contributed by atoms with Crippen LogP contribution in [-0.2, 0) is 17.5 Å². The van der Waals surface area contributed by atoms with Crippen molar-refractivity contribution in [2.75, 3.05) is 13.1 Å². The Kier molecular flexibility index (Phi) is 4.93. The quantitative estimate of drug-likeness (QED) is 0.826. The minimum Gasteiger partial charge on any atom is -0.385 e. The molecule has 156 valence electrons. The van der Waals surface area contributed by atoms with Crippen molar-refractivity contribution in [1.82, 2.24) is 24.2 Å². The monoisotopic (exact) mass is 411 g/mol. The lowest BCUT2D eigenvalue weighted by atomic mass is 10.0. The average molecular weight is 411 g/mol. The van der Waals surface area contributed by atoms with Crippen molar-refractivity contribution in [3.63, 3.8) is 0 Å². The number of fused-ring (bicyclic) bond motifs is 1. The number of aromatic nitrogens is 4. The van der Waals surface area contributed by atoms with Crippen LogP contribution in [0.25, 0.3) is 0 Å². The Morgan fingerprint density at radius 2 is 1.93 bits per heavy atom. The average Bonchev–Trinajstić information content (AvgIpc) is 3.32. The van der Waals surface area contributed by atoms with Crippen molar-refractivity contribution < 1.29 is 23.1 Å². The van der Waals surface area contributed by atoms with Gasteiger partial charge in [-0.15, -0.1) is 0 Å². The number of likely N-dealkylation sites (tertiary alicyclic amines) is 1. The molecule has 29 heavy (non-hydrogen) atoms. The largest absolute Gasteiger partial charge is 0.433 e. The highest BCUT2D eigenvalue weighted by Gasteiger charge is 2.37. The number of amides is 1. The molecule has 1 N–H and O–H groups in total. The molecule has 0 spiro atoms. The molecule has 0 radical (unpaired) electrons. The summed E-state index contributed by atoms with van der Waals surface area (Å²) in [7, 11) is 0. The Morgan fingerprint density at radius 3 is 2.55 bits per heavy atom. The highest BCUT2D eigenvalue weighted by atomic mass is 19.4. The molecule has 1 unspecified atom stereocenters. The van der Waals surface area contributed by atoms with Crippen LogP contribution in [0.1, 0.15) is 54.9 Å². The number of halogens is 3. The summed E-state index contributed by atoms with van der Waals surface area (Å²) in [6, 6.07) is 1.34. The number of hydrogen-bond donors (Lipinski definition) is 1. The zero-order chi connectivity index (χ0) is 20.8. The van der Waals surface area contributed by atoms with E-state index in [-0.39, 0.29) is 18.3 Å². The summed E-state index contributed by atoms with van der Waals surface area (Å²) in [5.41, 5.74) is -1.24. The number of carbonyl (C=O) groups is 1. The Bertz CT molecular complexity index is 961. The highest BCUT2D eigenvalue weighted by Crippen LogP contribution is 2.31. The molecule has 2 aromatic rings. The van der Waals surface area contributed by atoms with Gasteiger partial charge in [0.2, 0.25) is 5.91 Å². The van der Waals surface area contributed by atoms with Crippen LogP contribution in [0.15, 0.2) is 23.1 Å². The van der Waals surface area contributed by atoms with E-state index in [2.05, 4.69) is 10.1 Å². The highest BCUT2D eigenvalue weighted by molar-refractivity contribution is 5.81. The normalized spacial score (nSPS) is 22.0. The van der Waals surface area contributed by atoms with Crippen LogP contribution in [0.2, 0.25) is 0 Å². The lowest BCUT2D eigenvalue weighted by molar-refractivity contribution is -0.141. The van der Waals surface area contributed by atoms with Crippen LogP contribution >= 0.6 is 0 Å². The summed E-state index contributed by atoms with van der Waals surface area (Å²) in [6.07, 6.45) is -2.00. The zero-order valence-electron chi connectivity index (χ0n) is 15.5. The molecular weight excluding hydrogens is 391 g/mol. The summed E-state index contributed by atoms with van der Waals surface area (Å²) in [6.45, 7) is 1.18. The fourth-order valence-corrected chi connectivity index (χ4v) is 3.87. The lowest BCUT2D eigenvalue weighted by Crippen LogP contribution is -2.42. The van der Waals surface area contributed by atoms with Gasteiger partial charge in [0.15, 0.2) is 5.82 Å². The van der Waals surface area contributed by atoms with Crippen LogP contribution in [-0.4, -0.2) is 48.3 Å². The van der Waals surface area contributed by atoms with Gasteiger partial charge in [0, 0.05) is 19.3 Å². The van der Waals surface area contributed by atoms with E-state index in [4.69, 9.17) is 0 Å². The number of carbonyl (C=O) groups excluding carboxylic acids is 1.